The molecular formula is C15H33NO. The van der Waals surface area contributed by atoms with Crippen molar-refractivity contribution < 1.29 is 4.74 Å². The van der Waals surface area contributed by atoms with Crippen molar-refractivity contribution in [2.24, 2.45) is 5.92 Å². The summed E-state index contributed by atoms with van der Waals surface area (Å²) in [6.07, 6.45) is 8.02. The lowest BCUT2D eigenvalue weighted by Gasteiger charge is -2.14. The van der Waals surface area contributed by atoms with E-state index in [1.54, 1.807) is 0 Å². The molecule has 0 aliphatic heterocycles. The van der Waals surface area contributed by atoms with Crippen LogP contribution in [0.3, 0.4) is 0 Å². The second-order valence-corrected chi connectivity index (χ2v) is 5.48. The highest BCUT2D eigenvalue weighted by Crippen LogP contribution is 2.08. The van der Waals surface area contributed by atoms with Crippen molar-refractivity contribution in [3.8, 4) is 0 Å². The summed E-state index contributed by atoms with van der Waals surface area (Å²) < 4.78 is 5.78. The van der Waals surface area contributed by atoms with E-state index in [1.807, 2.05) is 0 Å². The lowest BCUT2D eigenvalue weighted by atomic mass is 10.1. The number of rotatable bonds is 12. The molecule has 1 N–H and O–H groups in total. The van der Waals surface area contributed by atoms with Crippen molar-refractivity contribution in [3.63, 3.8) is 0 Å². The molecule has 0 aliphatic carbocycles. The molecule has 1 atom stereocenters. The molecule has 2 nitrogen and oxygen atoms in total. The first-order valence-electron chi connectivity index (χ1n) is 7.49. The zero-order valence-electron chi connectivity index (χ0n) is 12.4. The normalized spacial score (nSPS) is 13.2. The van der Waals surface area contributed by atoms with Gasteiger partial charge in [-0.3, -0.25) is 0 Å². The van der Waals surface area contributed by atoms with Crippen molar-refractivity contribution in [2.45, 2.75) is 72.3 Å². The van der Waals surface area contributed by atoms with Crippen LogP contribution >= 0.6 is 0 Å². The second-order valence-electron chi connectivity index (χ2n) is 5.48. The first kappa shape index (κ1) is 16.9. The topological polar surface area (TPSA) is 21.3 Å². The summed E-state index contributed by atoms with van der Waals surface area (Å²) in [6, 6.07) is 0. The summed E-state index contributed by atoms with van der Waals surface area (Å²) in [7, 11) is 0. The van der Waals surface area contributed by atoms with E-state index in [1.165, 1.54) is 45.1 Å². The van der Waals surface area contributed by atoms with Crippen LogP contribution in [0.1, 0.15) is 66.2 Å². The van der Waals surface area contributed by atoms with Gasteiger partial charge in [0.2, 0.25) is 0 Å². The zero-order valence-corrected chi connectivity index (χ0v) is 12.4. The van der Waals surface area contributed by atoms with E-state index in [0.717, 1.165) is 19.1 Å². The Morgan fingerprint density at radius 3 is 2.29 bits per heavy atom. The van der Waals surface area contributed by atoms with Gasteiger partial charge in [-0.25, -0.2) is 0 Å². The van der Waals surface area contributed by atoms with E-state index in [2.05, 4.69) is 33.0 Å². The third kappa shape index (κ3) is 13.9. The molecular weight excluding hydrogens is 210 g/mol. The van der Waals surface area contributed by atoms with Crippen molar-refractivity contribution >= 4 is 0 Å². The quantitative estimate of drug-likeness (QED) is 0.523. The van der Waals surface area contributed by atoms with Crippen LogP contribution in [0.2, 0.25) is 0 Å². The Kier molecular flexibility index (Phi) is 12.3. The van der Waals surface area contributed by atoms with Crippen LogP contribution in [-0.4, -0.2) is 25.8 Å². The van der Waals surface area contributed by atoms with Crippen LogP contribution in [-0.2, 0) is 4.74 Å². The predicted octanol–water partition coefficient (Wildman–Crippen LogP) is 4.00. The Hall–Kier alpha value is -0.0800. The third-order valence-electron chi connectivity index (χ3n) is 2.88. The number of hydrogen-bond acceptors (Lipinski definition) is 2. The SMILES string of the molecule is CCCNCCCCCCOC(C)CC(C)C. The van der Waals surface area contributed by atoms with Crippen molar-refractivity contribution in [1.29, 1.82) is 0 Å². The molecule has 0 spiro atoms. The van der Waals surface area contributed by atoms with Gasteiger partial charge < -0.3 is 10.1 Å². The van der Waals surface area contributed by atoms with Crippen molar-refractivity contribution in [1.82, 2.24) is 5.32 Å². The zero-order chi connectivity index (χ0) is 12.9. The molecule has 104 valence electrons. The minimum atomic E-state index is 0.432. The van der Waals surface area contributed by atoms with Crippen LogP contribution < -0.4 is 5.32 Å². The van der Waals surface area contributed by atoms with Crippen LogP contribution in [0.25, 0.3) is 0 Å². The predicted molar refractivity (Wildman–Crippen MR) is 76.5 cm³/mol. The largest absolute Gasteiger partial charge is 0.379 e. The number of unbranched alkanes of at least 4 members (excludes halogenated alkanes) is 3. The molecule has 0 aromatic rings. The average Bonchev–Trinajstić information content (AvgIpc) is 2.26. The molecule has 0 amide bonds. The first-order chi connectivity index (χ1) is 8.16. The molecule has 0 rings (SSSR count). The molecule has 1 unspecified atom stereocenters. The Labute approximate surface area is 109 Å². The summed E-state index contributed by atoms with van der Waals surface area (Å²) >= 11 is 0. The summed E-state index contributed by atoms with van der Waals surface area (Å²) in [6.45, 7) is 12.2. The van der Waals surface area contributed by atoms with Crippen LogP contribution in [0.15, 0.2) is 0 Å². The maximum Gasteiger partial charge on any atom is 0.0549 e. The van der Waals surface area contributed by atoms with E-state index in [4.69, 9.17) is 4.74 Å². The Morgan fingerprint density at radius 2 is 1.65 bits per heavy atom. The van der Waals surface area contributed by atoms with Gasteiger partial charge in [0.25, 0.3) is 0 Å². The van der Waals surface area contributed by atoms with Gasteiger partial charge in [0.15, 0.2) is 0 Å². The number of hydrogen-bond donors (Lipinski definition) is 1. The second kappa shape index (κ2) is 12.4. The van der Waals surface area contributed by atoms with Gasteiger partial charge in [0, 0.05) is 6.61 Å². The van der Waals surface area contributed by atoms with Gasteiger partial charge in [-0.2, -0.15) is 0 Å². The minimum Gasteiger partial charge on any atom is -0.379 e. The van der Waals surface area contributed by atoms with Crippen LogP contribution in [0.5, 0.6) is 0 Å². The smallest absolute Gasteiger partial charge is 0.0549 e. The molecule has 2 heteroatoms. The van der Waals surface area contributed by atoms with E-state index in [9.17, 15) is 0 Å². The highest BCUT2D eigenvalue weighted by molar-refractivity contribution is 4.54. The molecule has 0 aromatic carbocycles. The van der Waals surface area contributed by atoms with Crippen molar-refractivity contribution in [2.75, 3.05) is 19.7 Å². The van der Waals surface area contributed by atoms with Crippen molar-refractivity contribution in [3.05, 3.63) is 0 Å². The Morgan fingerprint density at radius 1 is 0.941 bits per heavy atom. The molecule has 0 aliphatic rings. The van der Waals surface area contributed by atoms with Gasteiger partial charge in [0.1, 0.15) is 0 Å². The van der Waals surface area contributed by atoms with Gasteiger partial charge in [-0.15, -0.1) is 0 Å². The van der Waals surface area contributed by atoms with Gasteiger partial charge in [-0.05, 0) is 51.6 Å². The highest BCUT2D eigenvalue weighted by atomic mass is 16.5. The summed E-state index contributed by atoms with van der Waals surface area (Å²) in [5, 5.41) is 3.43. The fraction of sp³-hybridized carbons (Fsp3) is 1.00. The standard InChI is InChI=1S/C15H33NO/c1-5-10-16-11-8-6-7-9-12-17-15(4)13-14(2)3/h14-16H,5-13H2,1-4H3. The van der Waals surface area contributed by atoms with E-state index < -0.39 is 0 Å². The molecule has 0 heterocycles. The van der Waals surface area contributed by atoms with E-state index >= 15 is 0 Å². The van der Waals surface area contributed by atoms with Gasteiger partial charge in [-0.1, -0.05) is 33.6 Å². The molecule has 17 heavy (non-hydrogen) atoms. The minimum absolute atomic E-state index is 0.432. The molecule has 0 fully saturated rings. The Bertz CT molecular complexity index is 148. The summed E-state index contributed by atoms with van der Waals surface area (Å²) in [5.41, 5.74) is 0. The maximum atomic E-state index is 5.78. The number of nitrogens with one attached hydrogen (secondary N) is 1. The fourth-order valence-corrected chi connectivity index (χ4v) is 2.02. The lowest BCUT2D eigenvalue weighted by Crippen LogP contribution is -2.15. The lowest BCUT2D eigenvalue weighted by molar-refractivity contribution is 0.0494. The molecule has 0 saturated heterocycles. The summed E-state index contributed by atoms with van der Waals surface area (Å²) in [4.78, 5) is 0. The average molecular weight is 243 g/mol. The van der Waals surface area contributed by atoms with E-state index in [0.29, 0.717) is 6.10 Å². The molecule has 0 radical (unpaired) electrons. The first-order valence-corrected chi connectivity index (χ1v) is 7.49. The van der Waals surface area contributed by atoms with E-state index in [-0.39, 0.29) is 0 Å². The monoisotopic (exact) mass is 243 g/mol. The number of ether oxygens (including phenoxy) is 1. The highest BCUT2D eigenvalue weighted by Gasteiger charge is 2.04. The Balaban J connectivity index is 3.07. The van der Waals surface area contributed by atoms with Crippen LogP contribution in [0.4, 0.5) is 0 Å². The van der Waals surface area contributed by atoms with Gasteiger partial charge in [0.05, 0.1) is 6.10 Å². The molecule has 0 aromatic heterocycles. The van der Waals surface area contributed by atoms with Gasteiger partial charge >= 0.3 is 0 Å². The fourth-order valence-electron chi connectivity index (χ4n) is 2.02. The summed E-state index contributed by atoms with van der Waals surface area (Å²) in [5.74, 6) is 0.745. The molecule has 0 bridgehead atoms. The van der Waals surface area contributed by atoms with Crippen LogP contribution in [0, 0.1) is 5.92 Å². The maximum absolute atomic E-state index is 5.78. The third-order valence-corrected chi connectivity index (χ3v) is 2.88. The molecule has 0 saturated carbocycles.